The van der Waals surface area contributed by atoms with Gasteiger partial charge < -0.3 is 10.1 Å². The number of nitrogens with zero attached hydrogens (tertiary/aromatic N) is 5. The summed E-state index contributed by atoms with van der Waals surface area (Å²) in [6.45, 7) is 8.23. The van der Waals surface area contributed by atoms with E-state index in [9.17, 15) is 4.79 Å². The highest BCUT2D eigenvalue weighted by Crippen LogP contribution is 2.28. The number of hydrogen-bond donors (Lipinski definition) is 1. The molecule has 9 heteroatoms. The molecule has 31 heavy (non-hydrogen) atoms. The molecule has 1 amide bonds. The summed E-state index contributed by atoms with van der Waals surface area (Å²) in [6, 6.07) is 12.0. The Hall–Kier alpha value is -3.13. The van der Waals surface area contributed by atoms with E-state index in [0.29, 0.717) is 34.0 Å². The van der Waals surface area contributed by atoms with Gasteiger partial charge in [0.25, 0.3) is 0 Å². The van der Waals surface area contributed by atoms with Crippen LogP contribution in [-0.4, -0.2) is 40.5 Å². The van der Waals surface area contributed by atoms with Crippen molar-refractivity contribution in [3.05, 3.63) is 47.5 Å². The smallest absolute Gasteiger partial charge is 0.347 e. The van der Waals surface area contributed by atoms with E-state index in [0.717, 1.165) is 31.7 Å². The van der Waals surface area contributed by atoms with Crippen molar-refractivity contribution in [1.82, 2.24) is 14.8 Å². The number of amides is 1. The van der Waals surface area contributed by atoms with Crippen molar-refractivity contribution in [2.75, 3.05) is 25.0 Å². The van der Waals surface area contributed by atoms with Crippen LogP contribution in [0.4, 0.5) is 16.3 Å². The number of unbranched alkanes of at least 4 members (excludes halogenated alkanes) is 1. The molecule has 2 aromatic carbocycles. The number of anilines is 1. The van der Waals surface area contributed by atoms with Gasteiger partial charge in [-0.2, -0.15) is 4.68 Å². The first-order valence-electron chi connectivity index (χ1n) is 10.4. The van der Waals surface area contributed by atoms with Crippen molar-refractivity contribution < 1.29 is 9.53 Å². The minimum absolute atomic E-state index is 0.355. The average molecular weight is 443 g/mol. The van der Waals surface area contributed by atoms with E-state index in [-0.39, 0.29) is 0 Å². The second-order valence-electron chi connectivity index (χ2n) is 6.88. The Morgan fingerprint density at radius 1 is 1.16 bits per heavy atom. The fourth-order valence-corrected chi connectivity index (χ4v) is 3.07. The second kappa shape index (κ2) is 10.8. The quantitative estimate of drug-likeness (QED) is 0.240. The van der Waals surface area contributed by atoms with Gasteiger partial charge in [-0.3, -0.25) is 5.01 Å². The molecule has 1 N–H and O–H groups in total. The van der Waals surface area contributed by atoms with E-state index >= 15 is 0 Å². The van der Waals surface area contributed by atoms with E-state index in [1.165, 1.54) is 4.68 Å². The normalized spacial score (nSPS) is 11.2. The van der Waals surface area contributed by atoms with Crippen molar-refractivity contribution in [1.29, 1.82) is 0 Å². The number of carbonyl (C=O) groups is 1. The predicted octanol–water partition coefficient (Wildman–Crippen LogP) is 6.29. The van der Waals surface area contributed by atoms with E-state index in [1.54, 1.807) is 35.3 Å². The van der Waals surface area contributed by atoms with Gasteiger partial charge in [0.05, 0.1) is 12.1 Å². The minimum Gasteiger partial charge on any atom is -0.494 e. The zero-order valence-electron chi connectivity index (χ0n) is 18.0. The Balaban J connectivity index is 1.82. The maximum Gasteiger partial charge on any atom is 0.347 e. The monoisotopic (exact) mass is 442 g/mol. The number of nitrogens with one attached hydrogen (secondary N) is 1. The third-order valence-corrected chi connectivity index (χ3v) is 4.92. The van der Waals surface area contributed by atoms with Gasteiger partial charge in [-0.1, -0.05) is 30.2 Å². The van der Waals surface area contributed by atoms with Gasteiger partial charge in [-0.05, 0) is 62.7 Å². The topological polar surface area (TPSA) is 84.1 Å². The standard InChI is InChI=1S/C22H27ClN6O2/c1-4-7-14-31-18-11-9-17(10-12-18)24-22(30)29-20-15-16(23)8-13-19(20)21(26-29)25-27-28(5-2)6-3/h8-13,15H,4-7,14H2,1-3H3,(H,24,30). The van der Waals surface area contributed by atoms with E-state index < -0.39 is 6.03 Å². The van der Waals surface area contributed by atoms with Crippen LogP contribution in [0, 0.1) is 0 Å². The molecule has 3 aromatic rings. The number of hydrogen-bond acceptors (Lipinski definition) is 5. The van der Waals surface area contributed by atoms with Gasteiger partial charge in [0.15, 0.2) is 0 Å². The lowest BCUT2D eigenvalue weighted by molar-refractivity contribution is 0.251. The molecule has 0 aliphatic heterocycles. The Morgan fingerprint density at radius 2 is 1.90 bits per heavy atom. The third-order valence-electron chi connectivity index (χ3n) is 4.68. The molecule has 0 fully saturated rings. The van der Waals surface area contributed by atoms with Gasteiger partial charge in [-0.15, -0.1) is 10.2 Å². The molecule has 0 unspecified atom stereocenters. The summed E-state index contributed by atoms with van der Waals surface area (Å²) in [5.41, 5.74) is 1.18. The molecule has 0 radical (unpaired) electrons. The summed E-state index contributed by atoms with van der Waals surface area (Å²) >= 11 is 6.16. The number of rotatable bonds is 9. The number of carbonyl (C=O) groups excluding carboxylic acids is 1. The first kappa shape index (κ1) is 22.6. The van der Waals surface area contributed by atoms with Crippen LogP contribution in [0.1, 0.15) is 33.6 Å². The molecular weight excluding hydrogens is 416 g/mol. The van der Waals surface area contributed by atoms with Gasteiger partial charge in [0, 0.05) is 29.2 Å². The zero-order chi connectivity index (χ0) is 22.2. The molecular formula is C22H27ClN6O2. The van der Waals surface area contributed by atoms with Gasteiger partial charge in [0.1, 0.15) is 5.75 Å². The van der Waals surface area contributed by atoms with Crippen molar-refractivity contribution in [3.63, 3.8) is 0 Å². The molecule has 0 spiro atoms. The number of ether oxygens (including phenoxy) is 1. The molecule has 0 aliphatic carbocycles. The fraction of sp³-hybridized carbons (Fsp3) is 0.364. The van der Waals surface area contributed by atoms with Crippen LogP contribution in [0.25, 0.3) is 10.9 Å². The first-order valence-corrected chi connectivity index (χ1v) is 10.8. The SMILES string of the molecule is CCCCOc1ccc(NC(=O)n2nc(N=NN(CC)CC)c3ccc(Cl)cc32)cc1. The lowest BCUT2D eigenvalue weighted by atomic mass is 10.2. The first-order chi connectivity index (χ1) is 15.0. The van der Waals surface area contributed by atoms with Crippen molar-refractivity contribution in [2.45, 2.75) is 33.6 Å². The van der Waals surface area contributed by atoms with Crippen molar-refractivity contribution >= 4 is 40.0 Å². The summed E-state index contributed by atoms with van der Waals surface area (Å²) in [7, 11) is 0. The molecule has 1 heterocycles. The maximum atomic E-state index is 12.9. The Kier molecular flexibility index (Phi) is 7.83. The van der Waals surface area contributed by atoms with Gasteiger partial charge >= 0.3 is 6.03 Å². The molecule has 164 valence electrons. The number of aromatic nitrogens is 2. The fourth-order valence-electron chi connectivity index (χ4n) is 2.90. The van der Waals surface area contributed by atoms with Crippen LogP contribution in [0.3, 0.4) is 0 Å². The molecule has 0 aliphatic rings. The largest absolute Gasteiger partial charge is 0.494 e. The van der Waals surface area contributed by atoms with E-state index in [2.05, 4.69) is 27.7 Å². The number of halogens is 1. The van der Waals surface area contributed by atoms with Crippen LogP contribution in [0.2, 0.25) is 5.02 Å². The lowest BCUT2D eigenvalue weighted by Crippen LogP contribution is -2.20. The van der Waals surface area contributed by atoms with Crippen LogP contribution >= 0.6 is 11.6 Å². The average Bonchev–Trinajstić information content (AvgIpc) is 3.13. The summed E-state index contributed by atoms with van der Waals surface area (Å²) in [5.74, 6) is 1.12. The number of benzene rings is 2. The van der Waals surface area contributed by atoms with Crippen molar-refractivity contribution in [2.24, 2.45) is 10.3 Å². The van der Waals surface area contributed by atoms with Crippen molar-refractivity contribution in [3.8, 4) is 5.75 Å². The molecule has 1 aromatic heterocycles. The maximum absolute atomic E-state index is 12.9. The van der Waals surface area contributed by atoms with E-state index in [1.807, 2.05) is 26.0 Å². The summed E-state index contributed by atoms with van der Waals surface area (Å²) in [6.07, 6.45) is 2.08. The van der Waals surface area contributed by atoms with Crippen LogP contribution in [0.5, 0.6) is 5.75 Å². The van der Waals surface area contributed by atoms with Gasteiger partial charge in [-0.25, -0.2) is 4.79 Å². The van der Waals surface area contributed by atoms with E-state index in [4.69, 9.17) is 16.3 Å². The molecule has 0 bridgehead atoms. The summed E-state index contributed by atoms with van der Waals surface area (Å²) in [5, 5.41) is 18.6. The molecule has 3 rings (SSSR count). The van der Waals surface area contributed by atoms with Crippen LogP contribution in [-0.2, 0) is 0 Å². The number of fused-ring (bicyclic) bond motifs is 1. The molecule has 8 nitrogen and oxygen atoms in total. The Bertz CT molecular complexity index is 1040. The second-order valence-corrected chi connectivity index (χ2v) is 7.32. The molecule has 0 saturated carbocycles. The van der Waals surface area contributed by atoms with Crippen LogP contribution < -0.4 is 10.1 Å². The Morgan fingerprint density at radius 3 is 2.58 bits per heavy atom. The van der Waals surface area contributed by atoms with Gasteiger partial charge in [0.2, 0.25) is 5.82 Å². The predicted molar refractivity (Wildman–Crippen MR) is 123 cm³/mol. The molecule has 0 saturated heterocycles. The summed E-state index contributed by atoms with van der Waals surface area (Å²) in [4.78, 5) is 12.9. The molecule has 0 atom stereocenters. The third kappa shape index (κ3) is 5.73. The Labute approximate surface area is 186 Å². The summed E-state index contributed by atoms with van der Waals surface area (Å²) < 4.78 is 6.91. The van der Waals surface area contributed by atoms with Crippen LogP contribution in [0.15, 0.2) is 52.8 Å². The zero-order valence-corrected chi connectivity index (χ0v) is 18.8. The minimum atomic E-state index is -0.420. The highest BCUT2D eigenvalue weighted by molar-refractivity contribution is 6.31. The lowest BCUT2D eigenvalue weighted by Gasteiger charge is -2.10. The highest BCUT2D eigenvalue weighted by atomic mass is 35.5. The highest BCUT2D eigenvalue weighted by Gasteiger charge is 2.16.